The maximum absolute atomic E-state index is 5.78. The van der Waals surface area contributed by atoms with E-state index in [-0.39, 0.29) is 0 Å². The first kappa shape index (κ1) is 15.8. The zero-order valence-electron chi connectivity index (χ0n) is 12.1. The third kappa shape index (κ3) is 5.94. The van der Waals surface area contributed by atoms with E-state index >= 15 is 0 Å². The fourth-order valence-electron chi connectivity index (χ4n) is 1.92. The van der Waals surface area contributed by atoms with Gasteiger partial charge in [-0.25, -0.2) is 0 Å². The quantitative estimate of drug-likeness (QED) is 0.705. The molecule has 108 valence electrons. The summed E-state index contributed by atoms with van der Waals surface area (Å²) in [5, 5.41) is 0. The van der Waals surface area contributed by atoms with Crippen molar-refractivity contribution in [3.05, 3.63) is 24.3 Å². The van der Waals surface area contributed by atoms with Gasteiger partial charge in [0.1, 0.15) is 6.61 Å². The number of benzene rings is 1. The monoisotopic (exact) mass is 266 g/mol. The number of hydrogen-bond donors (Lipinski definition) is 1. The van der Waals surface area contributed by atoms with Gasteiger partial charge in [0.2, 0.25) is 0 Å². The topological polar surface area (TPSA) is 47.7 Å². The highest BCUT2D eigenvalue weighted by atomic mass is 16.5. The third-order valence-corrected chi connectivity index (χ3v) is 3.01. The van der Waals surface area contributed by atoms with Crippen LogP contribution in [0.2, 0.25) is 0 Å². The molecule has 0 saturated heterocycles. The van der Waals surface area contributed by atoms with Crippen LogP contribution < -0.4 is 15.2 Å². The Balaban J connectivity index is 2.38. The average molecular weight is 266 g/mol. The zero-order chi connectivity index (χ0) is 13.9. The Morgan fingerprint density at radius 3 is 2.47 bits per heavy atom. The summed E-state index contributed by atoms with van der Waals surface area (Å²) in [5.74, 6) is 1.58. The Morgan fingerprint density at radius 2 is 1.84 bits per heavy atom. The molecule has 1 rings (SSSR count). The number of methoxy groups -OCH3 is 1. The van der Waals surface area contributed by atoms with Crippen LogP contribution in [-0.2, 0) is 0 Å². The number of nitrogens with two attached hydrogens (primary N) is 1. The van der Waals surface area contributed by atoms with E-state index in [2.05, 4.69) is 11.8 Å². The standard InChI is InChI=1S/C15H26N2O2/c1-3-4-10-17(11-9-16)12-13-19-15-8-6-5-7-14(15)18-2/h5-8H,3-4,9-13,16H2,1-2H3. The molecule has 2 N–H and O–H groups in total. The molecule has 0 aliphatic rings. The molecule has 0 amide bonds. The summed E-state index contributed by atoms with van der Waals surface area (Å²) in [4.78, 5) is 2.35. The minimum atomic E-state index is 0.657. The van der Waals surface area contributed by atoms with Crippen molar-refractivity contribution in [2.75, 3.05) is 39.9 Å². The summed E-state index contributed by atoms with van der Waals surface area (Å²) < 4.78 is 11.0. The maximum Gasteiger partial charge on any atom is 0.161 e. The van der Waals surface area contributed by atoms with Gasteiger partial charge in [-0.05, 0) is 25.1 Å². The molecule has 0 saturated carbocycles. The first-order valence-corrected chi connectivity index (χ1v) is 7.00. The van der Waals surface area contributed by atoms with Crippen molar-refractivity contribution in [3.63, 3.8) is 0 Å². The number of ether oxygens (including phenoxy) is 2. The summed E-state index contributed by atoms with van der Waals surface area (Å²) in [7, 11) is 1.66. The normalized spacial score (nSPS) is 10.7. The van der Waals surface area contributed by atoms with E-state index in [9.17, 15) is 0 Å². The highest BCUT2D eigenvalue weighted by Crippen LogP contribution is 2.25. The molecule has 4 nitrogen and oxygen atoms in total. The van der Waals surface area contributed by atoms with Crippen molar-refractivity contribution in [1.29, 1.82) is 0 Å². The lowest BCUT2D eigenvalue weighted by atomic mass is 10.3. The minimum absolute atomic E-state index is 0.657. The first-order chi connectivity index (χ1) is 9.31. The highest BCUT2D eigenvalue weighted by molar-refractivity contribution is 5.39. The van der Waals surface area contributed by atoms with Crippen LogP contribution in [0, 0.1) is 0 Å². The smallest absolute Gasteiger partial charge is 0.161 e. The van der Waals surface area contributed by atoms with Crippen LogP contribution in [0.3, 0.4) is 0 Å². The molecule has 0 aliphatic heterocycles. The zero-order valence-corrected chi connectivity index (χ0v) is 12.1. The Hall–Kier alpha value is -1.26. The van der Waals surface area contributed by atoms with Gasteiger partial charge < -0.3 is 15.2 Å². The molecular formula is C15H26N2O2. The van der Waals surface area contributed by atoms with Crippen molar-refractivity contribution < 1.29 is 9.47 Å². The molecule has 0 aromatic heterocycles. The number of rotatable bonds is 10. The number of unbranched alkanes of at least 4 members (excludes halogenated alkanes) is 1. The fraction of sp³-hybridized carbons (Fsp3) is 0.600. The SMILES string of the molecule is CCCCN(CCN)CCOc1ccccc1OC. The van der Waals surface area contributed by atoms with Crippen molar-refractivity contribution in [3.8, 4) is 11.5 Å². The molecule has 0 unspecified atom stereocenters. The minimum Gasteiger partial charge on any atom is -0.493 e. The van der Waals surface area contributed by atoms with E-state index in [1.807, 2.05) is 24.3 Å². The first-order valence-electron chi connectivity index (χ1n) is 7.00. The predicted molar refractivity (Wildman–Crippen MR) is 78.9 cm³/mol. The molecule has 1 aromatic rings. The summed E-state index contributed by atoms with van der Waals surface area (Å²) in [6.45, 7) is 6.46. The lowest BCUT2D eigenvalue weighted by Crippen LogP contribution is -2.34. The van der Waals surface area contributed by atoms with Crippen LogP contribution in [-0.4, -0.2) is 44.8 Å². The third-order valence-electron chi connectivity index (χ3n) is 3.01. The number of para-hydroxylation sites is 2. The fourth-order valence-corrected chi connectivity index (χ4v) is 1.92. The number of nitrogens with zero attached hydrogens (tertiary/aromatic N) is 1. The Labute approximate surface area is 116 Å². The van der Waals surface area contributed by atoms with Crippen molar-refractivity contribution in [1.82, 2.24) is 4.90 Å². The molecule has 0 aliphatic carbocycles. The molecule has 19 heavy (non-hydrogen) atoms. The van der Waals surface area contributed by atoms with Gasteiger partial charge in [0.15, 0.2) is 11.5 Å². The maximum atomic E-state index is 5.78. The van der Waals surface area contributed by atoms with Gasteiger partial charge in [0, 0.05) is 19.6 Å². The van der Waals surface area contributed by atoms with E-state index in [1.165, 1.54) is 12.8 Å². The van der Waals surface area contributed by atoms with Gasteiger partial charge in [-0.1, -0.05) is 25.5 Å². The van der Waals surface area contributed by atoms with E-state index < -0.39 is 0 Å². The van der Waals surface area contributed by atoms with E-state index in [1.54, 1.807) is 7.11 Å². The summed E-state index contributed by atoms with van der Waals surface area (Å²) >= 11 is 0. The molecule has 0 fully saturated rings. The second kappa shape index (κ2) is 9.64. The van der Waals surface area contributed by atoms with Crippen molar-refractivity contribution >= 4 is 0 Å². The highest BCUT2D eigenvalue weighted by Gasteiger charge is 2.06. The van der Waals surface area contributed by atoms with Gasteiger partial charge in [0.25, 0.3) is 0 Å². The molecule has 0 bridgehead atoms. The van der Waals surface area contributed by atoms with Crippen LogP contribution in [0.4, 0.5) is 0 Å². The molecule has 4 heteroatoms. The van der Waals surface area contributed by atoms with Gasteiger partial charge in [-0.2, -0.15) is 0 Å². The van der Waals surface area contributed by atoms with Crippen molar-refractivity contribution in [2.45, 2.75) is 19.8 Å². The predicted octanol–water partition coefficient (Wildman–Crippen LogP) is 2.13. The lowest BCUT2D eigenvalue weighted by Gasteiger charge is -2.21. The van der Waals surface area contributed by atoms with Crippen LogP contribution in [0.25, 0.3) is 0 Å². The molecule has 0 heterocycles. The summed E-state index contributed by atoms with van der Waals surface area (Å²) in [6.07, 6.45) is 2.41. The van der Waals surface area contributed by atoms with Crippen LogP contribution >= 0.6 is 0 Å². The van der Waals surface area contributed by atoms with E-state index in [4.69, 9.17) is 15.2 Å². The Morgan fingerprint density at radius 1 is 1.11 bits per heavy atom. The molecule has 0 atom stereocenters. The van der Waals surface area contributed by atoms with Crippen LogP contribution in [0.15, 0.2) is 24.3 Å². The summed E-state index contributed by atoms with van der Waals surface area (Å²) in [6, 6.07) is 7.72. The number of hydrogen-bond acceptors (Lipinski definition) is 4. The summed E-state index contributed by atoms with van der Waals surface area (Å²) in [5.41, 5.74) is 5.63. The molecule has 0 radical (unpaired) electrons. The van der Waals surface area contributed by atoms with E-state index in [0.29, 0.717) is 13.2 Å². The largest absolute Gasteiger partial charge is 0.493 e. The Kier molecular flexibility index (Phi) is 8.02. The average Bonchev–Trinajstić information content (AvgIpc) is 2.45. The molecule has 0 spiro atoms. The van der Waals surface area contributed by atoms with Crippen LogP contribution in [0.5, 0.6) is 11.5 Å². The van der Waals surface area contributed by atoms with Crippen LogP contribution in [0.1, 0.15) is 19.8 Å². The lowest BCUT2D eigenvalue weighted by molar-refractivity contribution is 0.206. The molecule has 1 aromatic carbocycles. The van der Waals surface area contributed by atoms with Crippen molar-refractivity contribution in [2.24, 2.45) is 5.73 Å². The molecular weight excluding hydrogens is 240 g/mol. The second-order valence-electron chi connectivity index (χ2n) is 4.48. The Bertz CT molecular complexity index is 345. The van der Waals surface area contributed by atoms with E-state index in [0.717, 1.165) is 31.1 Å². The van der Waals surface area contributed by atoms with Gasteiger partial charge in [-0.15, -0.1) is 0 Å². The second-order valence-corrected chi connectivity index (χ2v) is 4.48. The van der Waals surface area contributed by atoms with Gasteiger partial charge in [0.05, 0.1) is 7.11 Å². The van der Waals surface area contributed by atoms with Gasteiger partial charge >= 0.3 is 0 Å². The van der Waals surface area contributed by atoms with Gasteiger partial charge in [-0.3, -0.25) is 4.90 Å².